The Bertz CT molecular complexity index is 1680. The Balaban J connectivity index is 1.76. The fourth-order valence-electron chi connectivity index (χ4n) is 6.70. The first-order valence-corrected chi connectivity index (χ1v) is 13.4. The summed E-state index contributed by atoms with van der Waals surface area (Å²) in [5.74, 6) is -8.24. The molecule has 0 heterocycles. The van der Waals surface area contributed by atoms with Crippen molar-refractivity contribution in [2.45, 2.75) is 37.2 Å². The van der Waals surface area contributed by atoms with Gasteiger partial charge in [0.15, 0.2) is 11.4 Å². The number of carbonyl (C=O) groups excluding carboxylic acids is 3. The average molecular weight is 622 g/mol. The highest BCUT2D eigenvalue weighted by Gasteiger charge is 2.63. The molecule has 0 saturated carbocycles. The van der Waals surface area contributed by atoms with Crippen LogP contribution in [0.1, 0.15) is 33.5 Å². The molecule has 0 fully saturated rings. The normalized spacial score (nSPS) is 25.6. The van der Waals surface area contributed by atoms with E-state index in [1.807, 2.05) is 0 Å². The predicted molar refractivity (Wildman–Crippen MR) is 147 cm³/mol. The van der Waals surface area contributed by atoms with Crippen molar-refractivity contribution in [3.63, 3.8) is 0 Å². The maximum absolute atomic E-state index is 14.0. The van der Waals surface area contributed by atoms with Gasteiger partial charge in [0.2, 0.25) is 5.78 Å². The average Bonchev–Trinajstić information content (AvgIpc) is 2.90. The number of phenols is 1. The molecular formula is C29H27ClF3N3O7. The van der Waals surface area contributed by atoms with E-state index in [-0.39, 0.29) is 47.2 Å². The third kappa shape index (κ3) is 4.33. The number of nitrogens with zero attached hydrogens (tertiary/aromatic N) is 1. The largest absolute Gasteiger partial charge is 0.510 e. The Hall–Kier alpha value is -3.91. The number of benzene rings is 2. The number of hydrogen-bond acceptors (Lipinski definition) is 9. The highest BCUT2D eigenvalue weighted by atomic mass is 35.5. The molecule has 0 spiro atoms. The molecule has 0 bridgehead atoms. The molecule has 10 nitrogen and oxygen atoms in total. The number of rotatable bonds is 4. The topological polar surface area (TPSA) is 187 Å². The van der Waals surface area contributed by atoms with E-state index in [9.17, 15) is 48.0 Å². The summed E-state index contributed by atoms with van der Waals surface area (Å²) in [5, 5.41) is 44.6. The number of halogens is 4. The fourth-order valence-corrected chi connectivity index (χ4v) is 6.92. The van der Waals surface area contributed by atoms with Crippen molar-refractivity contribution in [2.75, 3.05) is 14.1 Å². The number of likely N-dealkylation sites (N-methyl/N-ethyl adjacent to an activating group) is 1. The van der Waals surface area contributed by atoms with Gasteiger partial charge in [0.25, 0.3) is 5.91 Å². The van der Waals surface area contributed by atoms with Crippen molar-refractivity contribution in [1.82, 2.24) is 4.90 Å². The number of nitrogens with two attached hydrogens (primary N) is 2. The van der Waals surface area contributed by atoms with Crippen molar-refractivity contribution >= 4 is 29.1 Å². The maximum Gasteiger partial charge on any atom is 0.417 e. The van der Waals surface area contributed by atoms with Gasteiger partial charge in [0, 0.05) is 23.6 Å². The minimum Gasteiger partial charge on any atom is -0.510 e. The molecule has 0 unspecified atom stereocenters. The number of phenolic OH excluding ortho intramolecular Hbond substituents is 1. The van der Waals surface area contributed by atoms with Gasteiger partial charge in [-0.25, -0.2) is 0 Å². The second kappa shape index (κ2) is 10.1. The highest BCUT2D eigenvalue weighted by Crippen LogP contribution is 2.53. The molecule has 8 N–H and O–H groups in total. The Kier molecular flexibility index (Phi) is 7.16. The van der Waals surface area contributed by atoms with Crippen molar-refractivity contribution in [1.29, 1.82) is 0 Å². The number of hydrogen-bond donors (Lipinski definition) is 6. The number of Topliss-reactive ketones (excluding diaryl/α,β-unsaturated/α-hetero) is 2. The highest BCUT2D eigenvalue weighted by molar-refractivity contribution is 6.31. The zero-order valence-corrected chi connectivity index (χ0v) is 23.5. The van der Waals surface area contributed by atoms with Gasteiger partial charge in [0.05, 0.1) is 22.2 Å². The summed E-state index contributed by atoms with van der Waals surface area (Å²) in [6.07, 6.45) is -5.09. The fraction of sp³-hybridized carbons (Fsp3) is 0.345. The zero-order valence-electron chi connectivity index (χ0n) is 22.8. The number of alkyl halides is 3. The van der Waals surface area contributed by atoms with Gasteiger partial charge in [-0.15, -0.1) is 0 Å². The molecule has 14 heteroatoms. The molecule has 5 rings (SSSR count). The van der Waals surface area contributed by atoms with E-state index in [2.05, 4.69) is 0 Å². The Labute approximate surface area is 247 Å². The Morgan fingerprint density at radius 1 is 1.16 bits per heavy atom. The van der Waals surface area contributed by atoms with Crippen molar-refractivity contribution in [3.05, 3.63) is 74.2 Å². The molecule has 1 amide bonds. The first-order valence-electron chi connectivity index (χ1n) is 13.1. The van der Waals surface area contributed by atoms with E-state index < -0.39 is 86.1 Å². The summed E-state index contributed by atoms with van der Waals surface area (Å²) in [5.41, 5.74) is 5.84. The van der Waals surface area contributed by atoms with Crippen LogP contribution >= 0.6 is 11.6 Å². The minimum absolute atomic E-state index is 0.0156. The zero-order chi connectivity index (χ0) is 31.9. The first kappa shape index (κ1) is 30.5. The molecule has 0 saturated heterocycles. The number of aliphatic hydroxyl groups is 3. The molecule has 4 atom stereocenters. The number of amides is 1. The minimum atomic E-state index is -4.79. The van der Waals surface area contributed by atoms with Gasteiger partial charge >= 0.3 is 6.18 Å². The number of fused-ring (bicyclic) bond motifs is 3. The van der Waals surface area contributed by atoms with Gasteiger partial charge < -0.3 is 31.9 Å². The third-order valence-electron chi connectivity index (χ3n) is 8.60. The number of ketones is 2. The molecule has 2 aromatic rings. The van der Waals surface area contributed by atoms with Crippen molar-refractivity contribution in [2.24, 2.45) is 23.3 Å². The molecule has 3 aliphatic carbocycles. The summed E-state index contributed by atoms with van der Waals surface area (Å²) in [7, 11) is 2.99. The van der Waals surface area contributed by atoms with Crippen LogP contribution in [0, 0.1) is 11.8 Å². The number of allylic oxidation sites excluding steroid dienone is 1. The van der Waals surface area contributed by atoms with E-state index in [4.69, 9.17) is 23.1 Å². The van der Waals surface area contributed by atoms with Crippen LogP contribution in [0.15, 0.2) is 46.9 Å². The van der Waals surface area contributed by atoms with E-state index in [1.54, 1.807) is 0 Å². The van der Waals surface area contributed by atoms with Crippen LogP contribution in [0.25, 0.3) is 11.1 Å². The summed E-state index contributed by atoms with van der Waals surface area (Å²) in [6.45, 7) is -0.311. The molecule has 3 aliphatic rings. The summed E-state index contributed by atoms with van der Waals surface area (Å²) in [4.78, 5) is 41.0. The van der Waals surface area contributed by atoms with E-state index in [0.29, 0.717) is 0 Å². The second-order valence-electron chi connectivity index (χ2n) is 11.1. The van der Waals surface area contributed by atoms with E-state index >= 15 is 0 Å². The number of aliphatic hydroxyl groups excluding tert-OH is 2. The molecule has 228 valence electrons. The molecule has 43 heavy (non-hydrogen) atoms. The van der Waals surface area contributed by atoms with Crippen LogP contribution < -0.4 is 11.5 Å². The standard InChI is InChI=1S/C29H27ClF3N3O7/c1-36(2)21-16-8-11-5-14-13(10-3-4-17(30)15(7-10)29(31,32)33)6-12(9-34)22(37)19(14)23(38)18(11)25(40)28(16,43)26(41)20(24(21)39)27(35)42/h3-4,6-7,11,16,21,37,39-40,43H,5,8-9,34H2,1-2H3,(H2,35,42)/t11-,16-,21-,28-/m0/s1. The van der Waals surface area contributed by atoms with Crippen LogP contribution in [0.5, 0.6) is 5.75 Å². The van der Waals surface area contributed by atoms with Crippen LogP contribution in [0.2, 0.25) is 5.02 Å². The molecule has 0 radical (unpaired) electrons. The smallest absolute Gasteiger partial charge is 0.417 e. The quantitative estimate of drug-likeness (QED) is 0.279. The van der Waals surface area contributed by atoms with Gasteiger partial charge in [-0.2, -0.15) is 13.2 Å². The van der Waals surface area contributed by atoms with Crippen LogP contribution in [0.4, 0.5) is 13.2 Å². The Morgan fingerprint density at radius 3 is 2.37 bits per heavy atom. The van der Waals surface area contributed by atoms with E-state index in [0.717, 1.165) is 12.1 Å². The van der Waals surface area contributed by atoms with Crippen LogP contribution in [-0.4, -0.2) is 68.5 Å². The molecule has 0 aliphatic heterocycles. The lowest BCUT2D eigenvalue weighted by Gasteiger charge is -2.50. The Morgan fingerprint density at radius 2 is 1.81 bits per heavy atom. The first-order chi connectivity index (χ1) is 20.0. The lowest BCUT2D eigenvalue weighted by Crippen LogP contribution is -2.63. The number of primary amides is 1. The van der Waals surface area contributed by atoms with Crippen molar-refractivity contribution in [3.8, 4) is 16.9 Å². The van der Waals surface area contributed by atoms with E-state index in [1.165, 1.54) is 31.1 Å². The lowest BCUT2D eigenvalue weighted by molar-refractivity contribution is -0.148. The summed E-state index contributed by atoms with van der Waals surface area (Å²) < 4.78 is 41.1. The monoisotopic (exact) mass is 621 g/mol. The molecular weight excluding hydrogens is 595 g/mol. The molecule has 2 aromatic carbocycles. The number of carbonyl (C=O) groups is 3. The molecule has 0 aromatic heterocycles. The predicted octanol–water partition coefficient (Wildman–Crippen LogP) is 2.92. The van der Waals surface area contributed by atoms with Gasteiger partial charge in [-0.1, -0.05) is 17.7 Å². The second-order valence-corrected chi connectivity index (χ2v) is 11.6. The summed E-state index contributed by atoms with van der Waals surface area (Å²) in [6, 6.07) is 3.39. The van der Waals surface area contributed by atoms with Gasteiger partial charge in [0.1, 0.15) is 22.8 Å². The number of aromatic hydroxyl groups is 1. The SMILES string of the molecule is CN(C)[C@@H]1C(O)=C(C(N)=O)C(=O)[C@@]2(O)C(O)=C3C(=O)c4c(O)c(CN)cc(-c5ccc(Cl)c(C(F)(F)F)c5)c4C[C@H]3C[C@@H]12. The lowest BCUT2D eigenvalue weighted by atomic mass is 9.58. The van der Waals surface area contributed by atoms with Gasteiger partial charge in [-0.3, -0.25) is 19.3 Å². The third-order valence-corrected chi connectivity index (χ3v) is 8.93. The maximum atomic E-state index is 14.0. The van der Waals surface area contributed by atoms with Gasteiger partial charge in [-0.05, 0) is 67.7 Å². The van der Waals surface area contributed by atoms with Crippen molar-refractivity contribution < 1.29 is 48.0 Å². The van der Waals surface area contributed by atoms with Crippen LogP contribution in [-0.2, 0) is 28.7 Å². The summed E-state index contributed by atoms with van der Waals surface area (Å²) >= 11 is 5.82. The van der Waals surface area contributed by atoms with Crippen LogP contribution in [0.3, 0.4) is 0 Å².